The highest BCUT2D eigenvalue weighted by Gasteiger charge is 2.38. The number of benzene rings is 1. The maximum absolute atomic E-state index is 13.3. The lowest BCUT2D eigenvalue weighted by Gasteiger charge is -2.33. The molecule has 0 radical (unpaired) electrons. The Morgan fingerprint density at radius 1 is 1.08 bits per heavy atom. The number of anilines is 1. The lowest BCUT2D eigenvalue weighted by molar-refractivity contribution is -0.138. The maximum Gasteiger partial charge on any atom is 0.230 e. The van der Waals surface area contributed by atoms with E-state index in [1.807, 2.05) is 37.3 Å². The van der Waals surface area contributed by atoms with E-state index in [-0.39, 0.29) is 36.0 Å². The molecule has 0 spiro atoms. The summed E-state index contributed by atoms with van der Waals surface area (Å²) < 4.78 is 10.6. The highest BCUT2D eigenvalue weighted by Crippen LogP contribution is 2.29. The van der Waals surface area contributed by atoms with E-state index in [1.165, 1.54) is 0 Å². The van der Waals surface area contributed by atoms with Crippen LogP contribution in [0, 0.1) is 18.8 Å². The van der Waals surface area contributed by atoms with Crippen LogP contribution in [0.15, 0.2) is 36.4 Å². The number of amides is 3. The first kappa shape index (κ1) is 25.5. The van der Waals surface area contributed by atoms with E-state index >= 15 is 0 Å². The number of nitrogens with one attached hydrogen (secondary N) is 1. The van der Waals surface area contributed by atoms with Crippen LogP contribution in [0.2, 0.25) is 0 Å². The lowest BCUT2D eigenvalue weighted by atomic mass is 9.95. The summed E-state index contributed by atoms with van der Waals surface area (Å²) in [7, 11) is 3.19. The highest BCUT2D eigenvalue weighted by atomic mass is 16.5. The van der Waals surface area contributed by atoms with Crippen molar-refractivity contribution >= 4 is 23.5 Å². The van der Waals surface area contributed by atoms with Crippen molar-refractivity contribution in [1.29, 1.82) is 0 Å². The van der Waals surface area contributed by atoms with Gasteiger partial charge in [0, 0.05) is 38.3 Å². The average Bonchev–Trinajstić information content (AvgIpc) is 3.27. The number of nitrogens with zero attached hydrogens (tertiary/aromatic N) is 3. The fourth-order valence-corrected chi connectivity index (χ4v) is 4.94. The molecule has 2 aliphatic heterocycles. The van der Waals surface area contributed by atoms with Crippen molar-refractivity contribution in [3.05, 3.63) is 47.7 Å². The molecule has 3 amide bonds. The summed E-state index contributed by atoms with van der Waals surface area (Å²) in [6.07, 6.45) is 2.36. The van der Waals surface area contributed by atoms with Gasteiger partial charge in [0.2, 0.25) is 17.7 Å². The first-order valence-corrected chi connectivity index (χ1v) is 12.4. The molecule has 0 aliphatic carbocycles. The minimum atomic E-state index is -0.372. The molecule has 1 aromatic carbocycles. The van der Waals surface area contributed by atoms with Crippen LogP contribution in [-0.4, -0.2) is 72.9 Å². The third-order valence-corrected chi connectivity index (χ3v) is 6.93. The second kappa shape index (κ2) is 11.4. The molecule has 36 heavy (non-hydrogen) atoms. The summed E-state index contributed by atoms with van der Waals surface area (Å²) in [5.74, 6) is 1.00. The first-order chi connectivity index (χ1) is 17.4. The Hall–Kier alpha value is -3.62. The zero-order chi connectivity index (χ0) is 25.7. The van der Waals surface area contributed by atoms with Crippen molar-refractivity contribution in [2.24, 2.45) is 11.8 Å². The Bertz CT molecular complexity index is 1120. The largest absolute Gasteiger partial charge is 0.493 e. The molecule has 2 atom stereocenters. The molecule has 1 aromatic heterocycles. The number of likely N-dealkylation sites (tertiary alicyclic amines) is 2. The van der Waals surface area contributed by atoms with Crippen molar-refractivity contribution in [3.8, 4) is 11.5 Å². The van der Waals surface area contributed by atoms with Gasteiger partial charge in [-0.1, -0.05) is 12.1 Å². The normalized spacial score (nSPS) is 19.8. The first-order valence-electron chi connectivity index (χ1n) is 12.4. The van der Waals surface area contributed by atoms with Crippen LogP contribution < -0.4 is 14.8 Å². The van der Waals surface area contributed by atoms with Gasteiger partial charge < -0.3 is 24.6 Å². The van der Waals surface area contributed by atoms with Gasteiger partial charge in [0.15, 0.2) is 11.5 Å². The Morgan fingerprint density at radius 2 is 1.89 bits per heavy atom. The fraction of sp³-hybridized carbons (Fsp3) is 0.481. The predicted molar refractivity (Wildman–Crippen MR) is 135 cm³/mol. The molecule has 2 fully saturated rings. The number of rotatable bonds is 8. The SMILES string of the molecule is COc1ccc(CCN2CC(C(=O)N3CCCC(C(=O)Nc4cccc(C)n4)C3)CC2=O)cc1OC. The van der Waals surface area contributed by atoms with Crippen LogP contribution in [0.1, 0.15) is 30.5 Å². The van der Waals surface area contributed by atoms with Crippen LogP contribution in [0.5, 0.6) is 11.5 Å². The number of pyridine rings is 1. The second-order valence-corrected chi connectivity index (χ2v) is 9.46. The van der Waals surface area contributed by atoms with Gasteiger partial charge in [0.05, 0.1) is 26.1 Å². The second-order valence-electron chi connectivity index (χ2n) is 9.46. The smallest absolute Gasteiger partial charge is 0.230 e. The molecule has 4 rings (SSSR count). The molecule has 2 aromatic rings. The highest BCUT2D eigenvalue weighted by molar-refractivity contribution is 5.93. The monoisotopic (exact) mass is 494 g/mol. The summed E-state index contributed by atoms with van der Waals surface area (Å²) in [6, 6.07) is 11.2. The summed E-state index contributed by atoms with van der Waals surface area (Å²) in [5, 5.41) is 2.88. The number of hydrogen-bond acceptors (Lipinski definition) is 6. The predicted octanol–water partition coefficient (Wildman–Crippen LogP) is 2.68. The minimum absolute atomic E-state index is 0.00866. The van der Waals surface area contributed by atoms with Crippen LogP contribution in [0.4, 0.5) is 5.82 Å². The molecule has 9 heteroatoms. The van der Waals surface area contributed by atoms with Crippen LogP contribution in [0.3, 0.4) is 0 Å². The van der Waals surface area contributed by atoms with E-state index in [0.717, 1.165) is 24.1 Å². The zero-order valence-corrected chi connectivity index (χ0v) is 21.2. The van der Waals surface area contributed by atoms with E-state index in [2.05, 4.69) is 10.3 Å². The Balaban J connectivity index is 1.31. The molecule has 2 saturated heterocycles. The number of ether oxygens (including phenoxy) is 2. The van der Waals surface area contributed by atoms with Gasteiger partial charge in [-0.2, -0.15) is 0 Å². The van der Waals surface area contributed by atoms with Crippen LogP contribution in [0.25, 0.3) is 0 Å². The molecular formula is C27H34N4O5. The number of piperidine rings is 1. The number of methoxy groups -OCH3 is 2. The van der Waals surface area contributed by atoms with Gasteiger partial charge in [-0.3, -0.25) is 14.4 Å². The Kier molecular flexibility index (Phi) is 8.07. The van der Waals surface area contributed by atoms with Gasteiger partial charge in [-0.15, -0.1) is 0 Å². The number of aryl methyl sites for hydroxylation is 1. The number of hydrogen-bond donors (Lipinski definition) is 1. The standard InChI is InChI=1S/C27H34N4O5/c1-18-6-4-8-24(28-18)29-26(33)20-7-5-12-31(16-20)27(34)21-15-25(32)30(17-21)13-11-19-9-10-22(35-2)23(14-19)36-3/h4,6,8-10,14,20-21H,5,7,11-13,15-17H2,1-3H3,(H,28,29,33). The molecule has 2 aliphatic rings. The zero-order valence-electron chi connectivity index (χ0n) is 21.2. The third-order valence-electron chi connectivity index (χ3n) is 6.93. The van der Waals surface area contributed by atoms with Gasteiger partial charge in [-0.05, 0) is 56.0 Å². The average molecular weight is 495 g/mol. The third kappa shape index (κ3) is 5.95. The van der Waals surface area contributed by atoms with Gasteiger partial charge in [0.25, 0.3) is 0 Å². The summed E-state index contributed by atoms with van der Waals surface area (Å²) in [4.78, 5) is 46.6. The number of carbonyl (C=O) groups excluding carboxylic acids is 3. The quantitative estimate of drug-likeness (QED) is 0.606. The number of aromatic nitrogens is 1. The lowest BCUT2D eigenvalue weighted by Crippen LogP contribution is -2.46. The summed E-state index contributed by atoms with van der Waals surface area (Å²) in [6.45, 7) is 3.79. The fourth-order valence-electron chi connectivity index (χ4n) is 4.94. The molecule has 0 bridgehead atoms. The molecule has 9 nitrogen and oxygen atoms in total. The minimum Gasteiger partial charge on any atom is -0.493 e. The van der Waals surface area contributed by atoms with Gasteiger partial charge in [-0.25, -0.2) is 4.98 Å². The molecular weight excluding hydrogens is 460 g/mol. The van der Waals surface area contributed by atoms with E-state index in [4.69, 9.17) is 9.47 Å². The summed E-state index contributed by atoms with van der Waals surface area (Å²) >= 11 is 0. The van der Waals surface area contributed by atoms with Crippen LogP contribution in [-0.2, 0) is 20.8 Å². The van der Waals surface area contributed by atoms with Crippen LogP contribution >= 0.6 is 0 Å². The van der Waals surface area contributed by atoms with Crippen molar-refractivity contribution < 1.29 is 23.9 Å². The summed E-state index contributed by atoms with van der Waals surface area (Å²) in [5.41, 5.74) is 1.86. The van der Waals surface area contributed by atoms with E-state index < -0.39 is 0 Å². The van der Waals surface area contributed by atoms with Crippen molar-refractivity contribution in [3.63, 3.8) is 0 Å². The van der Waals surface area contributed by atoms with Crippen molar-refractivity contribution in [2.45, 2.75) is 32.6 Å². The molecule has 0 saturated carbocycles. The Labute approximate surface area is 211 Å². The Morgan fingerprint density at radius 3 is 2.64 bits per heavy atom. The van der Waals surface area contributed by atoms with E-state index in [1.54, 1.807) is 30.1 Å². The van der Waals surface area contributed by atoms with E-state index in [0.29, 0.717) is 49.9 Å². The topological polar surface area (TPSA) is 101 Å². The van der Waals surface area contributed by atoms with E-state index in [9.17, 15) is 14.4 Å². The van der Waals surface area contributed by atoms with Crippen molar-refractivity contribution in [1.82, 2.24) is 14.8 Å². The molecule has 192 valence electrons. The maximum atomic E-state index is 13.3. The van der Waals surface area contributed by atoms with Gasteiger partial charge >= 0.3 is 0 Å². The van der Waals surface area contributed by atoms with Gasteiger partial charge in [0.1, 0.15) is 5.82 Å². The molecule has 1 N–H and O–H groups in total. The molecule has 2 unspecified atom stereocenters. The number of carbonyl (C=O) groups is 3. The van der Waals surface area contributed by atoms with Crippen molar-refractivity contribution in [2.75, 3.05) is 45.7 Å². The molecule has 3 heterocycles.